The van der Waals surface area contributed by atoms with Crippen molar-refractivity contribution in [3.63, 3.8) is 0 Å². The van der Waals surface area contributed by atoms with Crippen molar-refractivity contribution in [1.82, 2.24) is 19.8 Å². The molecule has 1 aromatic rings. The number of anilines is 1. The molecule has 1 amide bonds. The lowest BCUT2D eigenvalue weighted by Crippen LogP contribution is -2.47. The number of nitrogens with zero attached hydrogens (tertiary/aromatic N) is 5. The van der Waals surface area contributed by atoms with Gasteiger partial charge in [0.15, 0.2) is 0 Å². The van der Waals surface area contributed by atoms with Gasteiger partial charge in [-0.05, 0) is 38.8 Å². The molecule has 2 aliphatic heterocycles. The smallest absolute Gasteiger partial charge is 0.257 e. The van der Waals surface area contributed by atoms with Crippen LogP contribution in [0.15, 0.2) is 12.4 Å². The molecule has 0 aromatic carbocycles. The molecule has 0 aliphatic carbocycles. The zero-order valence-corrected chi connectivity index (χ0v) is 16.2. The minimum atomic E-state index is -0.0148. The number of amides is 1. The molecular formula is C19H33N7O. The van der Waals surface area contributed by atoms with Gasteiger partial charge in [-0.1, -0.05) is 6.42 Å². The van der Waals surface area contributed by atoms with E-state index in [-0.39, 0.29) is 11.9 Å². The molecule has 0 bridgehead atoms. The lowest BCUT2D eigenvalue weighted by molar-refractivity contribution is 0.0708. The number of hydrogen-bond donors (Lipinski definition) is 2. The van der Waals surface area contributed by atoms with E-state index in [2.05, 4.69) is 19.8 Å². The van der Waals surface area contributed by atoms with Gasteiger partial charge >= 0.3 is 0 Å². The first kappa shape index (κ1) is 20.0. The molecule has 8 nitrogen and oxygen atoms in total. The molecule has 1 atom stereocenters. The molecule has 27 heavy (non-hydrogen) atoms. The predicted molar refractivity (Wildman–Crippen MR) is 107 cm³/mol. The second kappa shape index (κ2) is 9.96. The maximum absolute atomic E-state index is 12.6. The summed E-state index contributed by atoms with van der Waals surface area (Å²) in [4.78, 5) is 28.0. The zero-order valence-electron chi connectivity index (χ0n) is 16.2. The molecule has 150 valence electrons. The van der Waals surface area contributed by atoms with E-state index in [0.717, 1.165) is 65.1 Å². The second-order valence-corrected chi connectivity index (χ2v) is 7.60. The molecular weight excluding hydrogens is 342 g/mol. The fourth-order valence-corrected chi connectivity index (χ4v) is 3.80. The van der Waals surface area contributed by atoms with Crippen molar-refractivity contribution < 1.29 is 4.79 Å². The SMILES string of the molecule is NCCCCCN1CCN(c2ncc(C(=O)N3CCCC(N)C3)cn2)CC1. The number of carbonyl (C=O) groups excluding carboxylic acids is 1. The van der Waals surface area contributed by atoms with Crippen molar-refractivity contribution in [3.8, 4) is 0 Å². The minimum absolute atomic E-state index is 0.0148. The highest BCUT2D eigenvalue weighted by Crippen LogP contribution is 2.15. The molecule has 0 saturated carbocycles. The van der Waals surface area contributed by atoms with Crippen LogP contribution in [0.25, 0.3) is 0 Å². The van der Waals surface area contributed by atoms with E-state index in [1.54, 1.807) is 12.4 Å². The third-order valence-corrected chi connectivity index (χ3v) is 5.46. The van der Waals surface area contributed by atoms with E-state index >= 15 is 0 Å². The molecule has 3 heterocycles. The summed E-state index contributed by atoms with van der Waals surface area (Å²) < 4.78 is 0. The van der Waals surface area contributed by atoms with Gasteiger partial charge in [0, 0.05) is 57.7 Å². The average Bonchev–Trinajstić information content (AvgIpc) is 2.71. The summed E-state index contributed by atoms with van der Waals surface area (Å²) in [6.07, 6.45) is 8.79. The van der Waals surface area contributed by atoms with Gasteiger partial charge in [-0.15, -0.1) is 0 Å². The highest BCUT2D eigenvalue weighted by atomic mass is 16.2. The maximum Gasteiger partial charge on any atom is 0.257 e. The van der Waals surface area contributed by atoms with Gasteiger partial charge < -0.3 is 21.3 Å². The monoisotopic (exact) mass is 375 g/mol. The Balaban J connectivity index is 1.47. The van der Waals surface area contributed by atoms with Gasteiger partial charge in [0.2, 0.25) is 5.95 Å². The molecule has 0 radical (unpaired) electrons. The Hall–Kier alpha value is -1.77. The summed E-state index contributed by atoms with van der Waals surface area (Å²) in [5.74, 6) is 0.698. The number of likely N-dealkylation sites (tertiary alicyclic amines) is 1. The predicted octanol–water partition coefficient (Wildman–Crippen LogP) is 0.291. The number of carbonyl (C=O) groups is 1. The Bertz CT molecular complexity index is 586. The van der Waals surface area contributed by atoms with Gasteiger partial charge in [-0.2, -0.15) is 0 Å². The Morgan fingerprint density at radius 1 is 1.07 bits per heavy atom. The van der Waals surface area contributed by atoms with Crippen LogP contribution < -0.4 is 16.4 Å². The Morgan fingerprint density at radius 3 is 2.48 bits per heavy atom. The Labute approximate surface area is 161 Å². The summed E-state index contributed by atoms with van der Waals surface area (Å²) >= 11 is 0. The Kier molecular flexibility index (Phi) is 7.37. The maximum atomic E-state index is 12.6. The normalized spacial score (nSPS) is 21.5. The lowest BCUT2D eigenvalue weighted by Gasteiger charge is -2.34. The number of nitrogens with two attached hydrogens (primary N) is 2. The lowest BCUT2D eigenvalue weighted by atomic mass is 10.1. The molecule has 4 N–H and O–H groups in total. The Morgan fingerprint density at radius 2 is 1.81 bits per heavy atom. The van der Waals surface area contributed by atoms with Crippen molar-refractivity contribution in [1.29, 1.82) is 0 Å². The van der Waals surface area contributed by atoms with Crippen LogP contribution in [-0.2, 0) is 0 Å². The first-order valence-electron chi connectivity index (χ1n) is 10.2. The van der Waals surface area contributed by atoms with Crippen LogP contribution in [0, 0.1) is 0 Å². The number of rotatable bonds is 7. The van der Waals surface area contributed by atoms with Crippen LogP contribution in [0.5, 0.6) is 0 Å². The fourth-order valence-electron chi connectivity index (χ4n) is 3.80. The van der Waals surface area contributed by atoms with Crippen LogP contribution >= 0.6 is 0 Å². The highest BCUT2D eigenvalue weighted by Gasteiger charge is 2.24. The van der Waals surface area contributed by atoms with Crippen LogP contribution in [-0.4, -0.2) is 84.1 Å². The first-order valence-corrected chi connectivity index (χ1v) is 10.2. The van der Waals surface area contributed by atoms with Crippen LogP contribution in [0.3, 0.4) is 0 Å². The van der Waals surface area contributed by atoms with Crippen molar-refractivity contribution in [3.05, 3.63) is 18.0 Å². The molecule has 1 aromatic heterocycles. The fraction of sp³-hybridized carbons (Fsp3) is 0.737. The van der Waals surface area contributed by atoms with Crippen molar-refractivity contribution >= 4 is 11.9 Å². The average molecular weight is 376 g/mol. The molecule has 1 unspecified atom stereocenters. The summed E-state index contributed by atoms with van der Waals surface area (Å²) in [5.41, 5.74) is 12.1. The van der Waals surface area contributed by atoms with E-state index in [0.29, 0.717) is 18.1 Å². The molecule has 2 fully saturated rings. The van der Waals surface area contributed by atoms with Crippen molar-refractivity contribution in [2.24, 2.45) is 11.5 Å². The topological polar surface area (TPSA) is 105 Å². The first-order chi connectivity index (χ1) is 13.2. The second-order valence-electron chi connectivity index (χ2n) is 7.60. The third-order valence-electron chi connectivity index (χ3n) is 5.46. The van der Waals surface area contributed by atoms with Gasteiger partial charge in [-0.25, -0.2) is 9.97 Å². The molecule has 0 spiro atoms. The number of piperidine rings is 1. The number of piperazine rings is 1. The van der Waals surface area contributed by atoms with Gasteiger partial charge in [0.25, 0.3) is 5.91 Å². The van der Waals surface area contributed by atoms with Crippen LogP contribution in [0.2, 0.25) is 0 Å². The largest absolute Gasteiger partial charge is 0.338 e. The summed E-state index contributed by atoms with van der Waals surface area (Å²) in [7, 11) is 0. The third kappa shape index (κ3) is 5.60. The molecule has 2 saturated heterocycles. The van der Waals surface area contributed by atoms with Gasteiger partial charge in [0.1, 0.15) is 0 Å². The summed E-state index contributed by atoms with van der Waals surface area (Å²) in [6.45, 7) is 7.20. The van der Waals surface area contributed by atoms with Crippen LogP contribution in [0.4, 0.5) is 5.95 Å². The molecule has 2 aliphatic rings. The van der Waals surface area contributed by atoms with E-state index in [1.807, 2.05) is 4.90 Å². The minimum Gasteiger partial charge on any atom is -0.338 e. The van der Waals surface area contributed by atoms with Crippen molar-refractivity contribution in [2.45, 2.75) is 38.1 Å². The van der Waals surface area contributed by atoms with Crippen molar-refractivity contribution in [2.75, 3.05) is 57.3 Å². The van der Waals surface area contributed by atoms with E-state index in [4.69, 9.17) is 11.5 Å². The van der Waals surface area contributed by atoms with E-state index in [1.165, 1.54) is 12.8 Å². The standard InChI is InChI=1S/C19H33N7O/c20-6-2-1-3-7-24-9-11-25(12-10-24)19-22-13-16(14-23-19)18(27)26-8-4-5-17(21)15-26/h13-14,17H,1-12,15,20-21H2. The summed E-state index contributed by atoms with van der Waals surface area (Å²) in [6, 6.07) is 0.0782. The van der Waals surface area contributed by atoms with E-state index < -0.39 is 0 Å². The van der Waals surface area contributed by atoms with Gasteiger partial charge in [-0.3, -0.25) is 9.69 Å². The number of unbranched alkanes of at least 4 members (excludes halogenated alkanes) is 2. The van der Waals surface area contributed by atoms with Gasteiger partial charge in [0.05, 0.1) is 5.56 Å². The highest BCUT2D eigenvalue weighted by molar-refractivity contribution is 5.93. The number of hydrogen-bond acceptors (Lipinski definition) is 7. The molecule has 8 heteroatoms. The van der Waals surface area contributed by atoms with E-state index in [9.17, 15) is 4.79 Å². The summed E-state index contributed by atoms with van der Waals surface area (Å²) in [5, 5.41) is 0. The quantitative estimate of drug-likeness (QED) is 0.660. The zero-order chi connectivity index (χ0) is 19.1. The van der Waals surface area contributed by atoms with Crippen LogP contribution in [0.1, 0.15) is 42.5 Å². The molecule has 3 rings (SSSR count). The number of aromatic nitrogens is 2.